The van der Waals surface area contributed by atoms with E-state index in [1.54, 1.807) is 46.7 Å². The summed E-state index contributed by atoms with van der Waals surface area (Å²) in [5.41, 5.74) is 5.21. The van der Waals surface area contributed by atoms with E-state index in [0.717, 1.165) is 31.2 Å². The van der Waals surface area contributed by atoms with Crippen molar-refractivity contribution in [1.82, 2.24) is 15.2 Å². The Hall–Kier alpha value is -1.42. The van der Waals surface area contributed by atoms with Gasteiger partial charge in [0.05, 0.1) is 11.4 Å². The second kappa shape index (κ2) is 8.72. The number of carbonyl (C=O) groups excluding carboxylic acids is 1. The molecule has 0 N–H and O–H groups in total. The number of amides is 1. The van der Waals surface area contributed by atoms with Crippen molar-refractivity contribution in [3.8, 4) is 0 Å². The van der Waals surface area contributed by atoms with Gasteiger partial charge in [-0.2, -0.15) is 0 Å². The number of aryl methyl sites for hydroxylation is 3. The summed E-state index contributed by atoms with van der Waals surface area (Å²) < 4.78 is 1.90. The molecule has 0 atom stereocenters. The zero-order valence-electron chi connectivity index (χ0n) is 15.8. The molecule has 142 valence electrons. The topological polar surface area (TPSA) is 59.0 Å². The lowest BCUT2D eigenvalue weighted by molar-refractivity contribution is -0.115. The Labute approximate surface area is 175 Å². The number of carbonyl (C=O) groups is 1. The first-order chi connectivity index (χ1) is 12.9. The number of hydrogen-bond acceptors (Lipinski definition) is 8. The number of nitrogens with zero attached hydrogens (tertiary/aromatic N) is 4. The van der Waals surface area contributed by atoms with Gasteiger partial charge in [0.25, 0.3) is 0 Å². The van der Waals surface area contributed by atoms with Gasteiger partial charge < -0.3 is 0 Å². The van der Waals surface area contributed by atoms with Crippen LogP contribution in [0.1, 0.15) is 29.3 Å². The molecule has 3 rings (SSSR count). The van der Waals surface area contributed by atoms with E-state index in [4.69, 9.17) is 4.98 Å². The summed E-state index contributed by atoms with van der Waals surface area (Å²) in [7, 11) is 0. The van der Waals surface area contributed by atoms with E-state index in [1.807, 2.05) is 25.5 Å². The Morgan fingerprint density at radius 2 is 1.81 bits per heavy atom. The maximum Gasteiger partial charge on any atom is 0.230 e. The van der Waals surface area contributed by atoms with Crippen LogP contribution in [0.4, 0.5) is 10.8 Å². The molecule has 5 nitrogen and oxygen atoms in total. The normalized spacial score (nSPS) is 11.0. The van der Waals surface area contributed by atoms with E-state index < -0.39 is 0 Å². The first-order valence-electron chi connectivity index (χ1n) is 8.22. The van der Waals surface area contributed by atoms with Gasteiger partial charge >= 0.3 is 0 Å². The van der Waals surface area contributed by atoms with Crippen LogP contribution in [0, 0.1) is 20.8 Å². The van der Waals surface area contributed by atoms with Crippen LogP contribution in [0.25, 0.3) is 0 Å². The molecule has 0 saturated heterocycles. The Kier molecular flexibility index (Phi) is 6.56. The summed E-state index contributed by atoms with van der Waals surface area (Å²) in [5.74, 6) is 0.671. The van der Waals surface area contributed by atoms with Gasteiger partial charge in [0, 0.05) is 18.1 Å². The molecule has 3 aromatic rings. The van der Waals surface area contributed by atoms with Gasteiger partial charge in [-0.05, 0) is 38.2 Å². The molecular formula is C18H20N4OS4. The van der Waals surface area contributed by atoms with Crippen LogP contribution < -0.4 is 4.90 Å². The van der Waals surface area contributed by atoms with E-state index >= 15 is 0 Å². The Morgan fingerprint density at radius 3 is 2.41 bits per heavy atom. The zero-order chi connectivity index (χ0) is 19.6. The van der Waals surface area contributed by atoms with Crippen LogP contribution in [0.15, 0.2) is 26.2 Å². The largest absolute Gasteiger partial charge is 0.274 e. The molecule has 0 aliphatic carbocycles. The molecule has 0 aliphatic rings. The smallest absolute Gasteiger partial charge is 0.230 e. The van der Waals surface area contributed by atoms with Gasteiger partial charge in [-0.25, -0.2) is 4.98 Å². The number of aromatic nitrogens is 3. The minimum Gasteiger partial charge on any atom is -0.274 e. The molecule has 0 unspecified atom stereocenters. The van der Waals surface area contributed by atoms with Gasteiger partial charge in [0.15, 0.2) is 13.8 Å². The van der Waals surface area contributed by atoms with Gasteiger partial charge in [-0.3, -0.25) is 9.69 Å². The van der Waals surface area contributed by atoms with Crippen LogP contribution >= 0.6 is 46.2 Å². The Balaban J connectivity index is 1.83. The average Bonchev–Trinajstić information content (AvgIpc) is 3.24. The predicted molar refractivity (Wildman–Crippen MR) is 117 cm³/mol. The fourth-order valence-corrected chi connectivity index (χ4v) is 6.16. The van der Waals surface area contributed by atoms with Crippen LogP contribution in [0.2, 0.25) is 0 Å². The number of thiazole rings is 1. The lowest BCUT2D eigenvalue weighted by atomic mass is 10.0. The third-order valence-electron chi connectivity index (χ3n) is 3.81. The first kappa shape index (κ1) is 20.3. The van der Waals surface area contributed by atoms with Crippen molar-refractivity contribution in [2.24, 2.45) is 0 Å². The summed E-state index contributed by atoms with van der Waals surface area (Å²) in [6.07, 6.45) is 1.99. The second-order valence-corrected chi connectivity index (χ2v) is 10.1. The molecule has 0 saturated carbocycles. The summed E-state index contributed by atoms with van der Waals surface area (Å²) in [4.78, 5) is 18.9. The van der Waals surface area contributed by atoms with Gasteiger partial charge in [-0.1, -0.05) is 52.6 Å². The molecular weight excluding hydrogens is 416 g/mol. The third-order valence-corrected chi connectivity index (χ3v) is 7.75. The molecule has 27 heavy (non-hydrogen) atoms. The van der Waals surface area contributed by atoms with Crippen molar-refractivity contribution in [1.29, 1.82) is 0 Å². The van der Waals surface area contributed by atoms with E-state index in [-0.39, 0.29) is 5.91 Å². The minimum absolute atomic E-state index is 0.0349. The maximum absolute atomic E-state index is 12.4. The summed E-state index contributed by atoms with van der Waals surface area (Å²) in [6, 6.07) is 4.20. The second-order valence-electron chi connectivity index (χ2n) is 6.05. The molecule has 2 heterocycles. The molecule has 1 amide bonds. The summed E-state index contributed by atoms with van der Waals surface area (Å²) >= 11 is 6.30. The standard InChI is InChI=1S/C18H20N4OS4/c1-10-6-11(2)15(12(3)7-10)22(13(4)23)16-19-14(8-25-16)9-26-18-21-20-17(24-5)27-18/h6-8H,9H2,1-5H3. The molecule has 0 fully saturated rings. The van der Waals surface area contributed by atoms with Crippen molar-refractivity contribution >= 4 is 62.9 Å². The highest BCUT2D eigenvalue weighted by Gasteiger charge is 2.22. The highest BCUT2D eigenvalue weighted by Crippen LogP contribution is 2.36. The van der Waals surface area contributed by atoms with Crippen molar-refractivity contribution in [3.05, 3.63) is 39.9 Å². The number of thioether (sulfide) groups is 2. The molecule has 9 heteroatoms. The number of anilines is 2. The minimum atomic E-state index is -0.0349. The lowest BCUT2D eigenvalue weighted by Crippen LogP contribution is -2.24. The highest BCUT2D eigenvalue weighted by molar-refractivity contribution is 8.02. The zero-order valence-corrected chi connectivity index (χ0v) is 19.0. The van der Waals surface area contributed by atoms with Crippen LogP contribution in [-0.4, -0.2) is 27.3 Å². The number of benzene rings is 1. The maximum atomic E-state index is 12.4. The summed E-state index contributed by atoms with van der Waals surface area (Å²) in [5, 5.41) is 11.0. The highest BCUT2D eigenvalue weighted by atomic mass is 32.2. The van der Waals surface area contributed by atoms with Gasteiger partial charge in [-0.15, -0.1) is 21.5 Å². The molecule has 0 spiro atoms. The molecule has 0 radical (unpaired) electrons. The molecule has 0 aliphatic heterocycles. The third kappa shape index (κ3) is 4.71. The molecule has 0 bridgehead atoms. The molecule has 2 aromatic heterocycles. The predicted octanol–water partition coefficient (Wildman–Crippen LogP) is 5.62. The van der Waals surface area contributed by atoms with Crippen molar-refractivity contribution < 1.29 is 4.79 Å². The van der Waals surface area contributed by atoms with E-state index in [1.165, 1.54) is 16.9 Å². The Bertz CT molecular complexity index is 943. The average molecular weight is 437 g/mol. The van der Waals surface area contributed by atoms with Crippen LogP contribution in [0.5, 0.6) is 0 Å². The summed E-state index contributed by atoms with van der Waals surface area (Å²) in [6.45, 7) is 7.72. The quantitative estimate of drug-likeness (QED) is 0.468. The van der Waals surface area contributed by atoms with Crippen LogP contribution in [-0.2, 0) is 10.5 Å². The molecule has 1 aromatic carbocycles. The van der Waals surface area contributed by atoms with Crippen molar-refractivity contribution in [3.63, 3.8) is 0 Å². The SMILES string of the molecule is CSc1nnc(SCc2csc(N(C(C)=O)c3c(C)cc(C)cc3C)n2)s1. The number of rotatable bonds is 6. The lowest BCUT2D eigenvalue weighted by Gasteiger charge is -2.23. The monoisotopic (exact) mass is 436 g/mol. The van der Waals surface area contributed by atoms with Crippen LogP contribution in [0.3, 0.4) is 0 Å². The first-order valence-corrected chi connectivity index (χ1v) is 12.1. The van der Waals surface area contributed by atoms with Gasteiger partial charge in [0.2, 0.25) is 5.91 Å². The van der Waals surface area contributed by atoms with Crippen molar-refractivity contribution in [2.45, 2.75) is 42.1 Å². The van der Waals surface area contributed by atoms with E-state index in [9.17, 15) is 4.79 Å². The van der Waals surface area contributed by atoms with Crippen molar-refractivity contribution in [2.75, 3.05) is 11.2 Å². The van der Waals surface area contributed by atoms with E-state index in [2.05, 4.69) is 29.3 Å². The fraction of sp³-hybridized carbons (Fsp3) is 0.333. The number of hydrogen-bond donors (Lipinski definition) is 0. The van der Waals surface area contributed by atoms with E-state index in [0.29, 0.717) is 10.9 Å². The Morgan fingerprint density at radius 1 is 1.15 bits per heavy atom. The fourth-order valence-electron chi connectivity index (χ4n) is 2.85. The van der Waals surface area contributed by atoms with Gasteiger partial charge in [0.1, 0.15) is 0 Å².